The average Bonchev–Trinajstić information content (AvgIpc) is 2.46. The van der Waals surface area contributed by atoms with Crippen molar-refractivity contribution < 1.29 is 19.4 Å². The Balaban J connectivity index is 1.56. The molecule has 3 fully saturated rings. The molecule has 0 aromatic carbocycles. The molecule has 0 aromatic heterocycles. The first-order valence-corrected chi connectivity index (χ1v) is 7.97. The molecule has 1 aliphatic carbocycles. The van der Waals surface area contributed by atoms with Gasteiger partial charge in [0, 0.05) is 13.1 Å². The third-order valence-electron chi connectivity index (χ3n) is 4.94. The lowest BCUT2D eigenvalue weighted by atomic mass is 9.82. The maximum Gasteiger partial charge on any atom is 0.246 e. The summed E-state index contributed by atoms with van der Waals surface area (Å²) in [6.07, 6.45) is 5.56. The summed E-state index contributed by atoms with van der Waals surface area (Å²) in [5.74, 6) is -0.117. The summed E-state index contributed by atoms with van der Waals surface area (Å²) in [4.78, 5) is 25.6. The van der Waals surface area contributed by atoms with Gasteiger partial charge in [0.05, 0.1) is 24.2 Å². The quantitative estimate of drug-likeness (QED) is 0.762. The number of nitrogens with zero attached hydrogens (tertiary/aromatic N) is 1. The fourth-order valence-corrected chi connectivity index (χ4v) is 3.71. The van der Waals surface area contributed by atoms with Crippen LogP contribution in [0, 0.1) is 0 Å². The van der Waals surface area contributed by atoms with Gasteiger partial charge in [0.25, 0.3) is 0 Å². The number of nitrogens with one attached hydrogen (secondary N) is 1. The number of morpholine rings is 1. The highest BCUT2D eigenvalue weighted by Crippen LogP contribution is 2.31. The monoisotopic (exact) mass is 296 g/mol. The highest BCUT2D eigenvalue weighted by atomic mass is 16.5. The Labute approximate surface area is 124 Å². The van der Waals surface area contributed by atoms with Crippen molar-refractivity contribution in [3.63, 3.8) is 0 Å². The molecule has 0 radical (unpaired) electrons. The van der Waals surface area contributed by atoms with E-state index in [0.29, 0.717) is 13.1 Å². The third kappa shape index (κ3) is 3.37. The lowest BCUT2D eigenvalue weighted by Crippen LogP contribution is -2.61. The van der Waals surface area contributed by atoms with Crippen LogP contribution in [0.3, 0.4) is 0 Å². The highest BCUT2D eigenvalue weighted by molar-refractivity contribution is 5.79. The van der Waals surface area contributed by atoms with E-state index in [-0.39, 0.29) is 37.0 Å². The Morgan fingerprint density at radius 1 is 1.38 bits per heavy atom. The van der Waals surface area contributed by atoms with Gasteiger partial charge in [-0.1, -0.05) is 19.3 Å². The molecule has 2 atom stereocenters. The second-order valence-electron chi connectivity index (χ2n) is 6.61. The second kappa shape index (κ2) is 5.93. The number of amides is 2. The first-order chi connectivity index (χ1) is 10.1. The molecule has 21 heavy (non-hydrogen) atoms. The third-order valence-corrected chi connectivity index (χ3v) is 4.94. The van der Waals surface area contributed by atoms with Crippen LogP contribution in [0.15, 0.2) is 0 Å². The summed E-state index contributed by atoms with van der Waals surface area (Å²) in [7, 11) is 0. The van der Waals surface area contributed by atoms with Crippen molar-refractivity contribution in [1.82, 2.24) is 10.2 Å². The van der Waals surface area contributed by atoms with E-state index >= 15 is 0 Å². The number of hydrogen-bond acceptors (Lipinski definition) is 4. The van der Waals surface area contributed by atoms with Crippen molar-refractivity contribution in [2.24, 2.45) is 0 Å². The molecule has 118 valence electrons. The van der Waals surface area contributed by atoms with Gasteiger partial charge in [-0.3, -0.25) is 9.59 Å². The van der Waals surface area contributed by atoms with Gasteiger partial charge in [0.15, 0.2) is 0 Å². The molecule has 2 N–H and O–H groups in total. The smallest absolute Gasteiger partial charge is 0.246 e. The van der Waals surface area contributed by atoms with Gasteiger partial charge in [-0.2, -0.15) is 0 Å². The van der Waals surface area contributed by atoms with Crippen LogP contribution in [-0.2, 0) is 14.3 Å². The van der Waals surface area contributed by atoms with Crippen molar-refractivity contribution in [3.05, 3.63) is 0 Å². The molecule has 2 saturated heterocycles. The highest BCUT2D eigenvalue weighted by Gasteiger charge is 2.39. The molecule has 0 bridgehead atoms. The molecule has 0 aromatic rings. The van der Waals surface area contributed by atoms with E-state index in [1.807, 2.05) is 0 Å². The molecule has 3 aliphatic rings. The number of carbonyl (C=O) groups excluding carboxylic acids is 2. The van der Waals surface area contributed by atoms with Crippen molar-refractivity contribution in [1.29, 1.82) is 0 Å². The number of carbonyl (C=O) groups is 2. The zero-order valence-corrected chi connectivity index (χ0v) is 12.3. The van der Waals surface area contributed by atoms with E-state index in [2.05, 4.69) is 5.32 Å². The van der Waals surface area contributed by atoms with Crippen LogP contribution in [0.25, 0.3) is 0 Å². The molecule has 2 amide bonds. The summed E-state index contributed by atoms with van der Waals surface area (Å²) >= 11 is 0. The summed E-state index contributed by atoms with van der Waals surface area (Å²) in [6, 6.07) is -0.107. The number of aliphatic hydroxyl groups is 1. The SMILES string of the molecule is O=C1CO[C@@H]2CCN(C(=O)CC3(O)CCCCC3)C[C@@H]2N1. The van der Waals surface area contributed by atoms with Crippen LogP contribution >= 0.6 is 0 Å². The number of rotatable bonds is 2. The standard InChI is InChI=1S/C15H24N2O4/c18-13-10-21-12-4-7-17(9-11(12)16-13)14(19)8-15(20)5-2-1-3-6-15/h11-12,20H,1-10H2,(H,16,18)/t11-,12+/m0/s1. The molecule has 6 nitrogen and oxygen atoms in total. The fraction of sp³-hybridized carbons (Fsp3) is 0.867. The summed E-state index contributed by atoms with van der Waals surface area (Å²) in [6.45, 7) is 1.26. The van der Waals surface area contributed by atoms with Gasteiger partial charge in [-0.15, -0.1) is 0 Å². The van der Waals surface area contributed by atoms with E-state index < -0.39 is 5.60 Å². The van der Waals surface area contributed by atoms with E-state index in [1.54, 1.807) is 4.90 Å². The van der Waals surface area contributed by atoms with Gasteiger partial charge in [-0.05, 0) is 19.3 Å². The molecule has 6 heteroatoms. The topological polar surface area (TPSA) is 78.9 Å². The van der Waals surface area contributed by atoms with E-state index in [0.717, 1.165) is 38.5 Å². The van der Waals surface area contributed by atoms with Crippen LogP contribution in [0.5, 0.6) is 0 Å². The summed E-state index contributed by atoms with van der Waals surface area (Å²) in [5.41, 5.74) is -0.821. The number of hydrogen-bond donors (Lipinski definition) is 2. The van der Waals surface area contributed by atoms with Crippen LogP contribution in [0.4, 0.5) is 0 Å². The Morgan fingerprint density at radius 2 is 2.14 bits per heavy atom. The zero-order valence-electron chi connectivity index (χ0n) is 12.3. The largest absolute Gasteiger partial charge is 0.389 e. The predicted molar refractivity (Wildman–Crippen MR) is 75.5 cm³/mol. The minimum Gasteiger partial charge on any atom is -0.389 e. The van der Waals surface area contributed by atoms with Crippen molar-refractivity contribution >= 4 is 11.8 Å². The van der Waals surface area contributed by atoms with Gasteiger partial charge in [0.1, 0.15) is 6.61 Å². The number of likely N-dealkylation sites (tertiary alicyclic amines) is 1. The van der Waals surface area contributed by atoms with Crippen molar-refractivity contribution in [2.75, 3.05) is 19.7 Å². The normalized spacial score (nSPS) is 32.2. The predicted octanol–water partition coefficient (Wildman–Crippen LogP) is 0.188. The van der Waals surface area contributed by atoms with Crippen LogP contribution in [-0.4, -0.2) is 59.3 Å². The average molecular weight is 296 g/mol. The van der Waals surface area contributed by atoms with E-state index in [4.69, 9.17) is 4.74 Å². The maximum absolute atomic E-state index is 12.4. The zero-order chi connectivity index (χ0) is 14.9. The van der Waals surface area contributed by atoms with Gasteiger partial charge >= 0.3 is 0 Å². The van der Waals surface area contributed by atoms with Gasteiger partial charge in [-0.25, -0.2) is 0 Å². The van der Waals surface area contributed by atoms with Gasteiger partial charge in [0.2, 0.25) is 11.8 Å². The fourth-order valence-electron chi connectivity index (χ4n) is 3.71. The maximum atomic E-state index is 12.4. The Hall–Kier alpha value is -1.14. The first kappa shape index (κ1) is 14.8. The van der Waals surface area contributed by atoms with Crippen LogP contribution in [0.1, 0.15) is 44.9 Å². The lowest BCUT2D eigenvalue weighted by Gasteiger charge is -2.42. The molecule has 2 aliphatic heterocycles. The minimum atomic E-state index is -0.821. The summed E-state index contributed by atoms with van der Waals surface area (Å²) in [5, 5.41) is 13.4. The molecular formula is C15H24N2O4. The number of fused-ring (bicyclic) bond motifs is 1. The molecular weight excluding hydrogens is 272 g/mol. The molecule has 0 spiro atoms. The van der Waals surface area contributed by atoms with Crippen LogP contribution < -0.4 is 5.32 Å². The second-order valence-corrected chi connectivity index (χ2v) is 6.61. The summed E-state index contributed by atoms with van der Waals surface area (Å²) < 4.78 is 5.49. The Bertz CT molecular complexity index is 420. The Kier molecular flexibility index (Phi) is 4.17. The Morgan fingerprint density at radius 3 is 2.90 bits per heavy atom. The van der Waals surface area contributed by atoms with Gasteiger partial charge < -0.3 is 20.1 Å². The van der Waals surface area contributed by atoms with Crippen LogP contribution in [0.2, 0.25) is 0 Å². The van der Waals surface area contributed by atoms with Crippen molar-refractivity contribution in [3.8, 4) is 0 Å². The molecule has 1 saturated carbocycles. The first-order valence-electron chi connectivity index (χ1n) is 7.97. The molecule has 3 rings (SSSR count). The van der Waals surface area contributed by atoms with E-state index in [1.165, 1.54) is 0 Å². The molecule has 2 heterocycles. The van der Waals surface area contributed by atoms with E-state index in [9.17, 15) is 14.7 Å². The lowest BCUT2D eigenvalue weighted by molar-refractivity contribution is -0.149. The number of ether oxygens (including phenoxy) is 1. The molecule has 0 unspecified atom stereocenters. The minimum absolute atomic E-state index is 0.00216. The number of piperidine rings is 1. The van der Waals surface area contributed by atoms with Crippen molar-refractivity contribution in [2.45, 2.75) is 62.7 Å².